The molecule has 0 saturated carbocycles. The van der Waals surface area contributed by atoms with Crippen LogP contribution in [0.5, 0.6) is 0 Å². The summed E-state index contributed by atoms with van der Waals surface area (Å²) in [4.78, 5) is 13.3. The average molecular weight is 1260 g/mol. The Kier molecular flexibility index (Phi) is 55.3. The van der Waals surface area contributed by atoms with Gasteiger partial charge in [-0.2, -0.15) is 0 Å². The van der Waals surface area contributed by atoms with Gasteiger partial charge in [-0.05, 0) is 77.0 Å². The van der Waals surface area contributed by atoms with E-state index in [-0.39, 0.29) is 18.9 Å². The third-order valence-electron chi connectivity index (χ3n) is 17.9. The number of ether oxygens (including phenoxy) is 4. The first-order valence-corrected chi connectivity index (χ1v) is 37.0. The summed E-state index contributed by atoms with van der Waals surface area (Å²) in [6.45, 7) is 2.80. The normalized spacial score (nSPS) is 23.3. The zero-order valence-corrected chi connectivity index (χ0v) is 56.7. The van der Waals surface area contributed by atoms with Gasteiger partial charge in [0.1, 0.15) is 48.8 Å². The molecular weight excluding hydrogens is 1120 g/mol. The van der Waals surface area contributed by atoms with E-state index in [1.807, 2.05) is 6.08 Å². The van der Waals surface area contributed by atoms with Gasteiger partial charge in [0.25, 0.3) is 0 Å². The third-order valence-corrected chi connectivity index (χ3v) is 17.9. The number of nitrogens with one attached hydrogen (secondary N) is 1. The Morgan fingerprint density at radius 3 is 1.17 bits per heavy atom. The summed E-state index contributed by atoms with van der Waals surface area (Å²) in [5.74, 6) is -0.249. The molecule has 2 aliphatic heterocycles. The smallest absolute Gasteiger partial charge is 0.220 e. The van der Waals surface area contributed by atoms with E-state index in [1.54, 1.807) is 6.08 Å². The molecule has 0 aromatic heterocycles. The van der Waals surface area contributed by atoms with Gasteiger partial charge in [-0.15, -0.1) is 0 Å². The summed E-state index contributed by atoms with van der Waals surface area (Å²) < 4.78 is 22.8. The first-order chi connectivity index (χ1) is 43.6. The molecule has 0 aromatic carbocycles. The number of aliphatic hydroxyl groups excluding tert-OH is 8. The quantitative estimate of drug-likeness (QED) is 0.0204. The first kappa shape index (κ1) is 82.8. The van der Waals surface area contributed by atoms with Crippen LogP contribution in [0, 0.1) is 0 Å². The molecule has 2 rings (SSSR count). The molecule has 0 bridgehead atoms. The fraction of sp³-hybridized carbons (Fsp3) is 0.853. The zero-order valence-electron chi connectivity index (χ0n) is 56.7. The second-order valence-electron chi connectivity index (χ2n) is 26.1. The number of carbonyl (C=O) groups excluding carboxylic acids is 1. The number of aliphatic hydroxyl groups is 8. The van der Waals surface area contributed by atoms with Crippen molar-refractivity contribution in [2.24, 2.45) is 0 Å². The summed E-state index contributed by atoms with van der Waals surface area (Å²) in [6.07, 6.45) is 62.9. The van der Waals surface area contributed by atoms with Crippen LogP contribution in [0.15, 0.2) is 60.8 Å². The average Bonchev–Trinajstić information content (AvgIpc) is 2.75. The van der Waals surface area contributed by atoms with Crippen LogP contribution in [-0.4, -0.2) is 140 Å². The summed E-state index contributed by atoms with van der Waals surface area (Å²) in [5.41, 5.74) is 0. The van der Waals surface area contributed by atoms with Gasteiger partial charge < -0.3 is 65.1 Å². The van der Waals surface area contributed by atoms with Crippen LogP contribution >= 0.6 is 0 Å². The predicted octanol–water partition coefficient (Wildman–Crippen LogP) is 15.6. The van der Waals surface area contributed by atoms with Crippen molar-refractivity contribution in [1.29, 1.82) is 0 Å². The number of amides is 1. The molecule has 0 aromatic rings. The van der Waals surface area contributed by atoms with E-state index < -0.39 is 86.8 Å². The van der Waals surface area contributed by atoms with Crippen LogP contribution in [0.1, 0.15) is 316 Å². The number of allylic oxidation sites excluding steroid dienone is 9. The highest BCUT2D eigenvalue weighted by atomic mass is 16.7. The molecule has 2 fully saturated rings. The minimum atomic E-state index is -1.79. The minimum Gasteiger partial charge on any atom is -0.394 e. The first-order valence-electron chi connectivity index (χ1n) is 37.0. The van der Waals surface area contributed by atoms with Crippen LogP contribution in [0.3, 0.4) is 0 Å². The maximum atomic E-state index is 13.3. The van der Waals surface area contributed by atoms with Crippen molar-refractivity contribution in [3.63, 3.8) is 0 Å². The molecule has 0 aliphatic carbocycles. The third kappa shape index (κ3) is 43.3. The number of hydrogen-bond donors (Lipinski definition) is 9. The highest BCUT2D eigenvalue weighted by molar-refractivity contribution is 5.76. The standard InChI is InChI=1S/C75H137NO13/c1-3-5-7-9-11-13-15-17-19-21-23-25-27-28-29-30-31-32-33-34-35-36-37-39-41-43-45-47-49-51-53-55-57-59-67(80)76-63(62-86-74-72(85)70(83)73(66(61-78)88-74)89-75-71(84)69(82)68(81)65(60-77)87-75)64(79)58-56-54-52-50-48-46-44-42-40-38-26-24-22-20-18-16-14-12-10-8-6-4-2/h15,17,21,23,40,42,48,50,56,58,63-66,68-75,77-79,81-85H,3-14,16,18-20,22,24-39,41,43-47,49,51-55,57,59-62H2,1-2H3,(H,76,80)/b17-15-,23-21-,42-40+,50-48+,58-56+. The molecule has 2 saturated heterocycles. The van der Waals surface area contributed by atoms with Gasteiger partial charge in [-0.25, -0.2) is 0 Å². The van der Waals surface area contributed by atoms with Crippen molar-refractivity contribution < 1.29 is 64.6 Å². The van der Waals surface area contributed by atoms with Crippen LogP contribution in [0.25, 0.3) is 0 Å². The predicted molar refractivity (Wildman–Crippen MR) is 364 cm³/mol. The Hall–Kier alpha value is -2.31. The van der Waals surface area contributed by atoms with Crippen LogP contribution in [0.4, 0.5) is 0 Å². The molecule has 89 heavy (non-hydrogen) atoms. The highest BCUT2D eigenvalue weighted by Crippen LogP contribution is 2.30. The van der Waals surface area contributed by atoms with E-state index in [9.17, 15) is 45.6 Å². The van der Waals surface area contributed by atoms with E-state index in [4.69, 9.17) is 18.9 Å². The molecule has 520 valence electrons. The van der Waals surface area contributed by atoms with Gasteiger partial charge in [0.15, 0.2) is 12.6 Å². The van der Waals surface area contributed by atoms with Crippen LogP contribution < -0.4 is 5.32 Å². The molecule has 2 aliphatic rings. The lowest BCUT2D eigenvalue weighted by Crippen LogP contribution is -2.65. The number of rotatable bonds is 61. The molecule has 12 unspecified atom stereocenters. The minimum absolute atomic E-state index is 0.249. The molecule has 0 radical (unpaired) electrons. The number of carbonyl (C=O) groups is 1. The fourth-order valence-corrected chi connectivity index (χ4v) is 12.0. The van der Waals surface area contributed by atoms with Crippen molar-refractivity contribution in [2.45, 2.75) is 389 Å². The van der Waals surface area contributed by atoms with Crippen LogP contribution in [0.2, 0.25) is 0 Å². The van der Waals surface area contributed by atoms with E-state index in [0.29, 0.717) is 12.8 Å². The highest BCUT2D eigenvalue weighted by Gasteiger charge is 2.51. The van der Waals surface area contributed by atoms with E-state index in [2.05, 4.69) is 67.8 Å². The Labute approximate surface area is 543 Å². The molecule has 2 heterocycles. The summed E-state index contributed by atoms with van der Waals surface area (Å²) in [6, 6.07) is -0.940. The van der Waals surface area contributed by atoms with E-state index >= 15 is 0 Å². The molecule has 14 heteroatoms. The summed E-state index contributed by atoms with van der Waals surface area (Å²) in [7, 11) is 0. The Morgan fingerprint density at radius 2 is 0.753 bits per heavy atom. The second kappa shape index (κ2) is 59.4. The SMILES string of the molecule is CCCCCCC/C=C\C/C=C\CCCCCCCCCCCCCCCCCCCCCCCC(=O)NC(COC1OC(CO)C(OC2OC(CO)C(O)C(O)C2O)C(O)C1O)C(O)/C=C/CC/C=C/CC/C=C/CCCCCCCCCCCCCC. The topological polar surface area (TPSA) is 228 Å². The van der Waals surface area contributed by atoms with Crippen molar-refractivity contribution in [3.05, 3.63) is 60.8 Å². The second-order valence-corrected chi connectivity index (χ2v) is 26.1. The van der Waals surface area contributed by atoms with E-state index in [0.717, 1.165) is 51.4 Å². The maximum Gasteiger partial charge on any atom is 0.220 e. The Morgan fingerprint density at radius 1 is 0.404 bits per heavy atom. The van der Waals surface area contributed by atoms with Crippen molar-refractivity contribution in [1.82, 2.24) is 5.32 Å². The summed E-state index contributed by atoms with van der Waals surface area (Å²) >= 11 is 0. The lowest BCUT2D eigenvalue weighted by Gasteiger charge is -2.46. The zero-order chi connectivity index (χ0) is 64.5. The van der Waals surface area contributed by atoms with Gasteiger partial charge in [0.2, 0.25) is 5.91 Å². The van der Waals surface area contributed by atoms with Crippen molar-refractivity contribution >= 4 is 5.91 Å². The van der Waals surface area contributed by atoms with Gasteiger partial charge in [-0.1, -0.05) is 293 Å². The van der Waals surface area contributed by atoms with Gasteiger partial charge in [-0.3, -0.25) is 4.79 Å². The molecule has 1 amide bonds. The van der Waals surface area contributed by atoms with Gasteiger partial charge in [0.05, 0.1) is 32.0 Å². The monoisotopic (exact) mass is 1260 g/mol. The van der Waals surface area contributed by atoms with Crippen molar-refractivity contribution in [2.75, 3.05) is 19.8 Å². The van der Waals surface area contributed by atoms with Gasteiger partial charge >= 0.3 is 0 Å². The van der Waals surface area contributed by atoms with Crippen molar-refractivity contribution in [3.8, 4) is 0 Å². The lowest BCUT2D eigenvalue weighted by molar-refractivity contribution is -0.359. The van der Waals surface area contributed by atoms with Gasteiger partial charge in [0, 0.05) is 6.42 Å². The Balaban J connectivity index is 1.65. The fourth-order valence-electron chi connectivity index (χ4n) is 12.0. The Bertz CT molecular complexity index is 1720. The summed E-state index contributed by atoms with van der Waals surface area (Å²) in [5, 5.41) is 87.5. The number of unbranched alkanes of at least 4 members (excludes halogenated alkanes) is 40. The molecular formula is C75H137NO13. The maximum absolute atomic E-state index is 13.3. The molecule has 9 N–H and O–H groups in total. The molecule has 12 atom stereocenters. The molecule has 14 nitrogen and oxygen atoms in total. The lowest BCUT2D eigenvalue weighted by atomic mass is 9.97. The van der Waals surface area contributed by atoms with E-state index in [1.165, 1.54) is 231 Å². The largest absolute Gasteiger partial charge is 0.394 e. The van der Waals surface area contributed by atoms with Crippen LogP contribution in [-0.2, 0) is 23.7 Å². The molecule has 0 spiro atoms. The number of hydrogen-bond acceptors (Lipinski definition) is 13.